The Morgan fingerprint density at radius 3 is 2.06 bits per heavy atom. The summed E-state index contributed by atoms with van der Waals surface area (Å²) in [5, 5.41) is 0. The number of benzene rings is 2. The van der Waals surface area contributed by atoms with Gasteiger partial charge in [-0.3, -0.25) is 0 Å². The van der Waals surface area contributed by atoms with Gasteiger partial charge in [0.15, 0.2) is 5.75 Å². The second-order valence-corrected chi connectivity index (χ2v) is 14.6. The van der Waals surface area contributed by atoms with Gasteiger partial charge in [-0.15, -0.1) is 0 Å². The van der Waals surface area contributed by atoms with Gasteiger partial charge in [0.25, 0.3) is 0 Å². The fourth-order valence-corrected chi connectivity index (χ4v) is 4.60. The summed E-state index contributed by atoms with van der Waals surface area (Å²) >= 11 is 0. The minimum absolute atomic E-state index is 0.105. The van der Waals surface area contributed by atoms with Gasteiger partial charge in [0.05, 0.1) is 24.3 Å². The largest absolute Gasteiger partial charge is 0.514 e. The summed E-state index contributed by atoms with van der Waals surface area (Å²) in [7, 11) is -0.696. The Hall–Kier alpha value is -4.03. The maximum Gasteiger partial charge on any atom is 0.514 e. The standard InChI is InChI=1S/C35H46BNO10/c1-32(2,3)44-29(38)27-26(42-25-20-37(21-25)30(39)41-22-23-14-12-11-13-15-23)17-16-24(28(27)43-31(40)45-33(4,5)6)18-19-36-46-34(7,8)35(9,10)47-36/h11-19,25H,20-22H2,1-10H3/b19-18-. The Bertz CT molecular complexity index is 1470. The first-order valence-electron chi connectivity index (χ1n) is 15.7. The highest BCUT2D eigenvalue weighted by molar-refractivity contribution is 6.52. The van der Waals surface area contributed by atoms with Crippen LogP contribution in [0.15, 0.2) is 48.4 Å². The van der Waals surface area contributed by atoms with Crippen molar-refractivity contribution in [2.45, 2.75) is 104 Å². The van der Waals surface area contributed by atoms with Crippen LogP contribution in [0.25, 0.3) is 6.08 Å². The number of rotatable bonds is 8. The molecule has 2 aromatic rings. The summed E-state index contributed by atoms with van der Waals surface area (Å²) < 4.78 is 40.7. The number of ether oxygens (including phenoxy) is 5. The maximum atomic E-state index is 13.7. The first kappa shape index (κ1) is 35.8. The topological polar surface area (TPSA) is 119 Å². The summed E-state index contributed by atoms with van der Waals surface area (Å²) in [4.78, 5) is 40.8. The zero-order valence-corrected chi connectivity index (χ0v) is 29.0. The lowest BCUT2D eigenvalue weighted by molar-refractivity contribution is -0.0000733. The lowest BCUT2D eigenvalue weighted by Gasteiger charge is -2.38. The Labute approximate surface area is 277 Å². The number of carbonyl (C=O) groups is 3. The van der Waals surface area contributed by atoms with E-state index in [9.17, 15) is 14.4 Å². The summed E-state index contributed by atoms with van der Waals surface area (Å²) in [5.74, 6) is 0.915. The van der Waals surface area contributed by atoms with Crippen molar-refractivity contribution in [2.75, 3.05) is 13.1 Å². The number of amides is 1. The zero-order valence-electron chi connectivity index (χ0n) is 29.0. The van der Waals surface area contributed by atoms with E-state index in [2.05, 4.69) is 0 Å². The number of hydrogen-bond acceptors (Lipinski definition) is 10. The second kappa shape index (κ2) is 13.6. The average molecular weight is 652 g/mol. The van der Waals surface area contributed by atoms with E-state index in [4.69, 9.17) is 33.0 Å². The molecular weight excluding hydrogens is 605 g/mol. The first-order valence-corrected chi connectivity index (χ1v) is 15.7. The third-order valence-electron chi connectivity index (χ3n) is 7.64. The third kappa shape index (κ3) is 9.51. The van der Waals surface area contributed by atoms with E-state index >= 15 is 0 Å². The van der Waals surface area contributed by atoms with Gasteiger partial charge in [0, 0.05) is 5.56 Å². The van der Waals surface area contributed by atoms with Crippen LogP contribution in [0.2, 0.25) is 0 Å². The van der Waals surface area contributed by atoms with Crippen LogP contribution in [0.5, 0.6) is 11.5 Å². The van der Waals surface area contributed by atoms with Crippen LogP contribution >= 0.6 is 0 Å². The zero-order chi connectivity index (χ0) is 34.8. The molecule has 11 nitrogen and oxygen atoms in total. The summed E-state index contributed by atoms with van der Waals surface area (Å²) in [6.45, 7) is 18.7. The number of hydrogen-bond donors (Lipinski definition) is 0. The number of carbonyl (C=O) groups excluding carboxylic acids is 3. The van der Waals surface area contributed by atoms with Crippen LogP contribution < -0.4 is 9.47 Å². The fourth-order valence-electron chi connectivity index (χ4n) is 4.60. The van der Waals surface area contributed by atoms with Gasteiger partial charge in [0.1, 0.15) is 35.2 Å². The van der Waals surface area contributed by atoms with Gasteiger partial charge < -0.3 is 37.9 Å². The Morgan fingerprint density at radius 1 is 0.894 bits per heavy atom. The average Bonchev–Trinajstić information content (AvgIpc) is 3.12. The lowest BCUT2D eigenvalue weighted by Crippen LogP contribution is -2.56. The molecule has 1 amide bonds. The molecule has 0 spiro atoms. The van der Waals surface area contributed by atoms with Gasteiger partial charge in [-0.1, -0.05) is 42.4 Å². The second-order valence-electron chi connectivity index (χ2n) is 14.6. The highest BCUT2D eigenvalue weighted by atomic mass is 16.7. The van der Waals surface area contributed by atoms with E-state index in [1.165, 1.54) is 4.90 Å². The molecule has 0 N–H and O–H groups in total. The van der Waals surface area contributed by atoms with Crippen LogP contribution in [0, 0.1) is 0 Å². The number of likely N-dealkylation sites (tertiary alicyclic amines) is 1. The summed E-state index contributed by atoms with van der Waals surface area (Å²) in [5.41, 5.74) is -1.74. The van der Waals surface area contributed by atoms with Crippen molar-refractivity contribution in [3.05, 3.63) is 65.1 Å². The molecule has 2 aliphatic heterocycles. The molecule has 47 heavy (non-hydrogen) atoms. The molecule has 12 heteroatoms. The van der Waals surface area contributed by atoms with Crippen LogP contribution in [-0.4, -0.2) is 71.8 Å². The maximum absolute atomic E-state index is 13.7. The van der Waals surface area contributed by atoms with Crippen molar-refractivity contribution in [1.29, 1.82) is 0 Å². The summed E-state index contributed by atoms with van der Waals surface area (Å²) in [6.07, 6.45) is -0.298. The van der Waals surface area contributed by atoms with Crippen LogP contribution in [-0.2, 0) is 30.1 Å². The molecule has 2 heterocycles. The summed E-state index contributed by atoms with van der Waals surface area (Å²) in [6, 6.07) is 12.6. The van der Waals surface area contributed by atoms with E-state index in [1.807, 2.05) is 58.0 Å². The van der Waals surface area contributed by atoms with E-state index in [-0.39, 0.29) is 36.8 Å². The fraction of sp³-hybridized carbons (Fsp3) is 0.514. The highest BCUT2D eigenvalue weighted by Gasteiger charge is 2.50. The molecule has 254 valence electrons. The lowest BCUT2D eigenvalue weighted by atomic mass is 9.88. The van der Waals surface area contributed by atoms with Crippen LogP contribution in [0.1, 0.15) is 90.7 Å². The van der Waals surface area contributed by atoms with E-state index < -0.39 is 53.8 Å². The van der Waals surface area contributed by atoms with Crippen molar-refractivity contribution in [2.24, 2.45) is 0 Å². The van der Waals surface area contributed by atoms with Gasteiger partial charge in [-0.25, -0.2) is 14.4 Å². The van der Waals surface area contributed by atoms with E-state index in [1.54, 1.807) is 65.7 Å². The molecule has 2 aromatic carbocycles. The van der Waals surface area contributed by atoms with Crippen LogP contribution in [0.3, 0.4) is 0 Å². The predicted molar refractivity (Wildman–Crippen MR) is 176 cm³/mol. The Kier molecular flexibility index (Phi) is 10.4. The smallest absolute Gasteiger partial charge is 0.486 e. The highest BCUT2D eigenvalue weighted by Crippen LogP contribution is 2.39. The normalized spacial score (nSPS) is 17.7. The molecule has 0 aromatic heterocycles. The molecular formula is C35H46BNO10. The minimum Gasteiger partial charge on any atom is -0.486 e. The molecule has 0 saturated carbocycles. The van der Waals surface area contributed by atoms with Gasteiger partial charge in [0.2, 0.25) is 0 Å². The van der Waals surface area contributed by atoms with Crippen molar-refractivity contribution in [3.63, 3.8) is 0 Å². The third-order valence-corrected chi connectivity index (χ3v) is 7.64. The van der Waals surface area contributed by atoms with Crippen molar-refractivity contribution < 1.29 is 47.4 Å². The molecule has 2 aliphatic rings. The van der Waals surface area contributed by atoms with Crippen molar-refractivity contribution in [3.8, 4) is 11.5 Å². The quantitative estimate of drug-likeness (QED) is 0.128. The monoisotopic (exact) mass is 651 g/mol. The van der Waals surface area contributed by atoms with Gasteiger partial charge in [-0.05, 0) is 86.9 Å². The Morgan fingerprint density at radius 2 is 1.49 bits per heavy atom. The minimum atomic E-state index is -1.01. The Balaban J connectivity index is 1.61. The molecule has 0 aliphatic carbocycles. The predicted octanol–water partition coefficient (Wildman–Crippen LogP) is 7.00. The molecule has 0 radical (unpaired) electrons. The number of esters is 1. The molecule has 4 rings (SSSR count). The molecule has 2 fully saturated rings. The van der Waals surface area contributed by atoms with Crippen LogP contribution in [0.4, 0.5) is 9.59 Å². The molecule has 0 atom stereocenters. The first-order chi connectivity index (χ1) is 21.7. The van der Waals surface area contributed by atoms with Crippen molar-refractivity contribution in [1.82, 2.24) is 4.90 Å². The molecule has 2 saturated heterocycles. The van der Waals surface area contributed by atoms with E-state index in [0.717, 1.165) is 5.56 Å². The van der Waals surface area contributed by atoms with E-state index in [0.29, 0.717) is 5.56 Å². The molecule has 0 unspecified atom stereocenters. The van der Waals surface area contributed by atoms with Gasteiger partial charge >= 0.3 is 25.3 Å². The van der Waals surface area contributed by atoms with Crippen molar-refractivity contribution >= 4 is 31.4 Å². The molecule has 0 bridgehead atoms. The number of nitrogens with zero attached hydrogens (tertiary/aromatic N) is 1. The van der Waals surface area contributed by atoms with Gasteiger partial charge in [-0.2, -0.15) is 0 Å². The SMILES string of the molecule is CC(C)(C)OC(=O)Oc1c(/C=C\B2OC(C)(C)C(C)(C)O2)ccc(OC2CN(C(=O)OCc3ccccc3)C2)c1C(=O)OC(C)(C)C.